The number of hydrogen-bond acceptors (Lipinski definition) is 4. The van der Waals surface area contributed by atoms with Gasteiger partial charge in [0.05, 0.1) is 20.4 Å². The summed E-state index contributed by atoms with van der Waals surface area (Å²) in [5.74, 6) is 1.20. The fourth-order valence-corrected chi connectivity index (χ4v) is 1.97. The summed E-state index contributed by atoms with van der Waals surface area (Å²) in [5.41, 5.74) is 1.51. The molecular formula is C15H18N2O3. The monoisotopic (exact) mass is 274 g/mol. The van der Waals surface area contributed by atoms with Crippen molar-refractivity contribution in [2.45, 2.75) is 19.9 Å². The van der Waals surface area contributed by atoms with Gasteiger partial charge in [0, 0.05) is 24.7 Å². The lowest BCUT2D eigenvalue weighted by Crippen LogP contribution is -2.04. The normalized spacial score (nSPS) is 10.3. The second kappa shape index (κ2) is 6.23. The zero-order valence-corrected chi connectivity index (χ0v) is 11.9. The van der Waals surface area contributed by atoms with Crippen LogP contribution in [0.3, 0.4) is 0 Å². The zero-order valence-electron chi connectivity index (χ0n) is 11.9. The number of ketones is 1. The van der Waals surface area contributed by atoms with Gasteiger partial charge in [-0.1, -0.05) is 0 Å². The first-order valence-electron chi connectivity index (χ1n) is 6.44. The molecule has 0 atom stereocenters. The first-order chi connectivity index (χ1) is 9.67. The third-order valence-electron chi connectivity index (χ3n) is 3.08. The standard InChI is InChI=1S/C15H18N2O3/c1-4-17-10-11(9-16-17)7-13(18)12-5-6-14(19-2)15(8-12)20-3/h5-6,8-10H,4,7H2,1-3H3. The van der Waals surface area contributed by atoms with Crippen LogP contribution in [0.4, 0.5) is 0 Å². The molecule has 5 heteroatoms. The Labute approximate surface area is 118 Å². The molecule has 0 fully saturated rings. The molecule has 5 nitrogen and oxygen atoms in total. The van der Waals surface area contributed by atoms with Gasteiger partial charge >= 0.3 is 0 Å². The largest absolute Gasteiger partial charge is 0.493 e. The van der Waals surface area contributed by atoms with Crippen molar-refractivity contribution in [1.82, 2.24) is 9.78 Å². The SMILES string of the molecule is CCn1cc(CC(=O)c2ccc(OC)c(OC)c2)cn1. The van der Waals surface area contributed by atoms with Crippen LogP contribution in [0.25, 0.3) is 0 Å². The maximum Gasteiger partial charge on any atom is 0.167 e. The molecule has 0 spiro atoms. The van der Waals surface area contributed by atoms with Crippen molar-refractivity contribution < 1.29 is 14.3 Å². The maximum absolute atomic E-state index is 12.2. The van der Waals surface area contributed by atoms with Crippen LogP contribution < -0.4 is 9.47 Å². The summed E-state index contributed by atoms with van der Waals surface area (Å²) in [6.45, 7) is 2.80. The molecule has 0 unspecified atom stereocenters. The van der Waals surface area contributed by atoms with E-state index in [1.54, 1.807) is 43.3 Å². The van der Waals surface area contributed by atoms with E-state index in [2.05, 4.69) is 5.10 Å². The number of Topliss-reactive ketones (excluding diaryl/α,β-unsaturated/α-hetero) is 1. The number of aryl methyl sites for hydroxylation is 1. The third-order valence-corrected chi connectivity index (χ3v) is 3.08. The molecule has 1 heterocycles. The molecule has 0 saturated heterocycles. The lowest BCUT2D eigenvalue weighted by molar-refractivity contribution is 0.0992. The van der Waals surface area contributed by atoms with Crippen LogP contribution in [0.5, 0.6) is 11.5 Å². The highest BCUT2D eigenvalue weighted by Crippen LogP contribution is 2.28. The van der Waals surface area contributed by atoms with E-state index in [0.717, 1.165) is 12.1 Å². The Morgan fingerprint density at radius 3 is 2.60 bits per heavy atom. The van der Waals surface area contributed by atoms with E-state index in [9.17, 15) is 4.79 Å². The van der Waals surface area contributed by atoms with E-state index >= 15 is 0 Å². The molecule has 0 radical (unpaired) electrons. The summed E-state index contributed by atoms with van der Waals surface area (Å²) >= 11 is 0. The predicted molar refractivity (Wildman–Crippen MR) is 75.5 cm³/mol. The number of methoxy groups -OCH3 is 2. The summed E-state index contributed by atoms with van der Waals surface area (Å²) in [7, 11) is 3.12. The van der Waals surface area contributed by atoms with Crippen molar-refractivity contribution in [3.8, 4) is 11.5 Å². The van der Waals surface area contributed by atoms with E-state index < -0.39 is 0 Å². The van der Waals surface area contributed by atoms with Gasteiger partial charge < -0.3 is 9.47 Å². The molecule has 0 bridgehead atoms. The number of benzene rings is 1. The van der Waals surface area contributed by atoms with Gasteiger partial charge in [0.1, 0.15) is 0 Å². The fourth-order valence-electron chi connectivity index (χ4n) is 1.97. The highest BCUT2D eigenvalue weighted by atomic mass is 16.5. The van der Waals surface area contributed by atoms with Gasteiger partial charge in [-0.05, 0) is 30.7 Å². The lowest BCUT2D eigenvalue weighted by Gasteiger charge is -2.08. The highest BCUT2D eigenvalue weighted by Gasteiger charge is 2.12. The van der Waals surface area contributed by atoms with Crippen molar-refractivity contribution in [3.05, 3.63) is 41.7 Å². The van der Waals surface area contributed by atoms with Crippen molar-refractivity contribution in [2.24, 2.45) is 0 Å². The summed E-state index contributed by atoms with van der Waals surface area (Å²) in [5, 5.41) is 4.16. The van der Waals surface area contributed by atoms with Crippen molar-refractivity contribution >= 4 is 5.78 Å². The summed E-state index contributed by atoms with van der Waals surface area (Å²) < 4.78 is 12.2. The molecule has 0 aliphatic carbocycles. The minimum Gasteiger partial charge on any atom is -0.493 e. The van der Waals surface area contributed by atoms with Gasteiger partial charge in [0.2, 0.25) is 0 Å². The lowest BCUT2D eigenvalue weighted by atomic mass is 10.0. The second-order valence-electron chi connectivity index (χ2n) is 4.37. The molecule has 1 aromatic heterocycles. The third kappa shape index (κ3) is 2.99. The Morgan fingerprint density at radius 1 is 1.25 bits per heavy atom. The molecular weight excluding hydrogens is 256 g/mol. The van der Waals surface area contributed by atoms with Crippen molar-refractivity contribution in [3.63, 3.8) is 0 Å². The van der Waals surface area contributed by atoms with Crippen LogP contribution in [0.15, 0.2) is 30.6 Å². The Hall–Kier alpha value is -2.30. The van der Waals surface area contributed by atoms with Gasteiger partial charge in [-0.2, -0.15) is 5.10 Å². The van der Waals surface area contributed by atoms with Crippen LogP contribution in [-0.2, 0) is 13.0 Å². The van der Waals surface area contributed by atoms with E-state index in [4.69, 9.17) is 9.47 Å². The van der Waals surface area contributed by atoms with E-state index in [1.165, 1.54) is 0 Å². The number of rotatable bonds is 6. The number of aromatic nitrogens is 2. The molecule has 2 rings (SSSR count). The molecule has 0 amide bonds. The van der Waals surface area contributed by atoms with Gasteiger partial charge in [0.25, 0.3) is 0 Å². The minimum absolute atomic E-state index is 0.0293. The quantitative estimate of drug-likeness (QED) is 0.759. The first kappa shape index (κ1) is 14.1. The van der Waals surface area contributed by atoms with Crippen molar-refractivity contribution in [2.75, 3.05) is 14.2 Å². The number of hydrogen-bond donors (Lipinski definition) is 0. The molecule has 0 N–H and O–H groups in total. The van der Waals surface area contributed by atoms with Gasteiger partial charge in [-0.25, -0.2) is 0 Å². The Morgan fingerprint density at radius 2 is 2.00 bits per heavy atom. The zero-order chi connectivity index (χ0) is 14.5. The summed E-state index contributed by atoms with van der Waals surface area (Å²) in [4.78, 5) is 12.2. The molecule has 1 aromatic carbocycles. The minimum atomic E-state index is 0.0293. The van der Waals surface area contributed by atoms with Crippen molar-refractivity contribution in [1.29, 1.82) is 0 Å². The molecule has 0 aliphatic rings. The second-order valence-corrected chi connectivity index (χ2v) is 4.37. The fraction of sp³-hybridized carbons (Fsp3) is 0.333. The number of ether oxygens (including phenoxy) is 2. The van der Waals surface area contributed by atoms with Crippen LogP contribution in [0.1, 0.15) is 22.8 Å². The smallest absolute Gasteiger partial charge is 0.167 e. The maximum atomic E-state index is 12.2. The average molecular weight is 274 g/mol. The first-order valence-corrected chi connectivity index (χ1v) is 6.44. The molecule has 0 aliphatic heterocycles. The number of carbonyl (C=O) groups is 1. The Balaban J connectivity index is 2.16. The molecule has 2 aromatic rings. The van der Waals surface area contributed by atoms with E-state index in [1.807, 2.05) is 13.1 Å². The van der Waals surface area contributed by atoms with Gasteiger partial charge in [-0.15, -0.1) is 0 Å². The molecule has 20 heavy (non-hydrogen) atoms. The predicted octanol–water partition coefficient (Wildman–Crippen LogP) is 2.35. The Kier molecular flexibility index (Phi) is 4.40. The van der Waals surface area contributed by atoms with E-state index in [0.29, 0.717) is 23.5 Å². The number of carbonyl (C=O) groups excluding carboxylic acids is 1. The molecule has 0 saturated carbocycles. The summed E-state index contributed by atoms with van der Waals surface area (Å²) in [6, 6.07) is 5.18. The topological polar surface area (TPSA) is 53.4 Å². The van der Waals surface area contributed by atoms with E-state index in [-0.39, 0.29) is 5.78 Å². The molecule has 106 valence electrons. The summed E-state index contributed by atoms with van der Waals surface area (Å²) in [6.07, 6.45) is 3.94. The number of nitrogens with zero attached hydrogens (tertiary/aromatic N) is 2. The van der Waals surface area contributed by atoms with Gasteiger partial charge in [0.15, 0.2) is 17.3 Å². The highest BCUT2D eigenvalue weighted by molar-refractivity contribution is 5.98. The van der Waals surface area contributed by atoms with Crippen LogP contribution in [0.2, 0.25) is 0 Å². The van der Waals surface area contributed by atoms with Crippen LogP contribution in [0, 0.1) is 0 Å². The van der Waals surface area contributed by atoms with Crippen LogP contribution in [-0.4, -0.2) is 29.8 Å². The van der Waals surface area contributed by atoms with Gasteiger partial charge in [-0.3, -0.25) is 9.48 Å². The van der Waals surface area contributed by atoms with Crippen LogP contribution >= 0.6 is 0 Å². The Bertz CT molecular complexity index is 605. The average Bonchev–Trinajstić information content (AvgIpc) is 2.94.